The molecule has 30 heavy (non-hydrogen) atoms. The van der Waals surface area contributed by atoms with E-state index in [4.69, 9.17) is 4.74 Å². The molecule has 1 N–H and O–H groups in total. The number of amides is 1. The van der Waals surface area contributed by atoms with Crippen LogP contribution in [0.3, 0.4) is 0 Å². The number of likely N-dealkylation sites (N-methyl/N-ethyl adjacent to an activating group) is 1. The Labute approximate surface area is 180 Å². The highest BCUT2D eigenvalue weighted by atomic mass is 16.6. The maximum Gasteiger partial charge on any atom is 0.261 e. The van der Waals surface area contributed by atoms with Gasteiger partial charge in [0.1, 0.15) is 11.3 Å². The lowest BCUT2D eigenvalue weighted by atomic mass is 9.56. The normalized spacial score (nSPS) is 47.7. The molecule has 2 saturated heterocycles. The van der Waals surface area contributed by atoms with E-state index in [9.17, 15) is 14.7 Å². The largest absolute Gasteiger partial charge is 0.511 e. The molecular formula is C25H37NO4. The summed E-state index contributed by atoms with van der Waals surface area (Å²) in [6.07, 6.45) is 6.80. The van der Waals surface area contributed by atoms with Gasteiger partial charge >= 0.3 is 0 Å². The van der Waals surface area contributed by atoms with Crippen LogP contribution in [0.25, 0.3) is 0 Å². The van der Waals surface area contributed by atoms with Crippen LogP contribution in [-0.2, 0) is 14.3 Å². The molecule has 1 amide bonds. The summed E-state index contributed by atoms with van der Waals surface area (Å²) in [6, 6.07) is -0.501. The first-order chi connectivity index (χ1) is 14.0. The standard InChI is InChI=1S/C25H37NO4/c1-12(2)21-23(28)20(24(29)26(21)7)22(27)19-17(25(6)15(5)30-25)9-8-16-11-13(3)10-14(4)18(16)19/h8-9,12-19,21,27H,10-11H2,1-7H3/b22-20+. The summed E-state index contributed by atoms with van der Waals surface area (Å²) < 4.78 is 5.99. The second kappa shape index (κ2) is 7.22. The molecule has 9 unspecified atom stereocenters. The third kappa shape index (κ3) is 3.07. The third-order valence-electron chi connectivity index (χ3n) is 8.48. The number of carbonyl (C=O) groups excluding carboxylic acids is 2. The lowest BCUT2D eigenvalue weighted by Gasteiger charge is -2.48. The van der Waals surface area contributed by atoms with Crippen LogP contribution in [0.2, 0.25) is 0 Å². The van der Waals surface area contributed by atoms with E-state index in [0.29, 0.717) is 17.8 Å². The number of likely N-dealkylation sites (tertiary alicyclic amines) is 1. The van der Waals surface area contributed by atoms with Crippen molar-refractivity contribution in [2.45, 2.75) is 72.1 Å². The fraction of sp³-hybridized carbons (Fsp3) is 0.760. The number of nitrogens with zero attached hydrogens (tertiary/aromatic N) is 1. The summed E-state index contributed by atoms with van der Waals surface area (Å²) in [7, 11) is 1.67. The van der Waals surface area contributed by atoms with Crippen molar-refractivity contribution in [3.05, 3.63) is 23.5 Å². The van der Waals surface area contributed by atoms with E-state index >= 15 is 0 Å². The number of rotatable bonds is 3. The van der Waals surface area contributed by atoms with E-state index in [2.05, 4.69) is 39.8 Å². The molecule has 3 fully saturated rings. The summed E-state index contributed by atoms with van der Waals surface area (Å²) in [5.74, 6) is 0.745. The molecular weight excluding hydrogens is 378 g/mol. The summed E-state index contributed by atoms with van der Waals surface area (Å²) in [5, 5.41) is 11.6. The maximum atomic E-state index is 13.3. The molecule has 4 aliphatic rings. The van der Waals surface area contributed by atoms with Crippen molar-refractivity contribution < 1.29 is 19.4 Å². The van der Waals surface area contributed by atoms with E-state index in [0.717, 1.165) is 12.8 Å². The Kier molecular flexibility index (Phi) is 5.20. The second-order valence-corrected chi connectivity index (χ2v) is 10.9. The molecule has 2 aliphatic carbocycles. The number of allylic oxidation sites excluding steroid dienone is 2. The number of ketones is 1. The Morgan fingerprint density at radius 1 is 1.20 bits per heavy atom. The van der Waals surface area contributed by atoms with Gasteiger partial charge in [-0.2, -0.15) is 0 Å². The van der Waals surface area contributed by atoms with Crippen molar-refractivity contribution in [2.24, 2.45) is 41.4 Å². The predicted molar refractivity (Wildman–Crippen MR) is 116 cm³/mol. The van der Waals surface area contributed by atoms with Gasteiger partial charge in [0.15, 0.2) is 5.78 Å². The molecule has 5 nitrogen and oxygen atoms in total. The molecule has 1 saturated carbocycles. The van der Waals surface area contributed by atoms with Crippen LogP contribution < -0.4 is 0 Å². The first-order valence-electron chi connectivity index (χ1n) is 11.6. The highest BCUT2D eigenvalue weighted by Gasteiger charge is 2.61. The predicted octanol–water partition coefficient (Wildman–Crippen LogP) is 4.14. The summed E-state index contributed by atoms with van der Waals surface area (Å²) in [5.41, 5.74) is -0.347. The van der Waals surface area contributed by atoms with Crippen LogP contribution in [0, 0.1) is 41.4 Å². The van der Waals surface area contributed by atoms with Gasteiger partial charge in [-0.25, -0.2) is 0 Å². The number of fused-ring (bicyclic) bond motifs is 1. The van der Waals surface area contributed by atoms with E-state index in [-0.39, 0.29) is 58.4 Å². The minimum Gasteiger partial charge on any atom is -0.511 e. The minimum absolute atomic E-state index is 0.00491. The summed E-state index contributed by atoms with van der Waals surface area (Å²) in [4.78, 5) is 27.8. The van der Waals surface area contributed by atoms with Crippen molar-refractivity contribution in [1.29, 1.82) is 0 Å². The number of hydrogen-bond donors (Lipinski definition) is 1. The van der Waals surface area contributed by atoms with Crippen molar-refractivity contribution in [1.82, 2.24) is 4.90 Å². The molecule has 0 spiro atoms. The molecule has 0 bridgehead atoms. The van der Waals surface area contributed by atoms with Gasteiger partial charge < -0.3 is 14.7 Å². The van der Waals surface area contributed by atoms with Gasteiger partial charge in [-0.05, 0) is 56.3 Å². The van der Waals surface area contributed by atoms with E-state index < -0.39 is 6.04 Å². The number of Topliss-reactive ketones (excluding diaryl/α,β-unsaturated/α-hetero) is 1. The van der Waals surface area contributed by atoms with Crippen molar-refractivity contribution in [3.8, 4) is 0 Å². The molecule has 2 aliphatic heterocycles. The molecule has 4 rings (SSSR count). The fourth-order valence-electron chi connectivity index (χ4n) is 6.86. The molecule has 0 radical (unpaired) electrons. The Bertz CT molecular complexity index is 814. The number of epoxide rings is 1. The first-order valence-corrected chi connectivity index (χ1v) is 11.6. The van der Waals surface area contributed by atoms with Gasteiger partial charge in [-0.15, -0.1) is 0 Å². The Balaban J connectivity index is 1.82. The molecule has 9 atom stereocenters. The lowest BCUT2D eigenvalue weighted by molar-refractivity contribution is -0.126. The molecule has 166 valence electrons. The van der Waals surface area contributed by atoms with Gasteiger partial charge in [0.05, 0.1) is 17.7 Å². The maximum absolute atomic E-state index is 13.3. The Morgan fingerprint density at radius 3 is 2.37 bits per heavy atom. The molecule has 2 heterocycles. The zero-order valence-corrected chi connectivity index (χ0v) is 19.4. The monoisotopic (exact) mass is 415 g/mol. The van der Waals surface area contributed by atoms with E-state index in [1.54, 1.807) is 7.05 Å². The second-order valence-electron chi connectivity index (χ2n) is 10.9. The molecule has 5 heteroatoms. The van der Waals surface area contributed by atoms with Gasteiger partial charge in [-0.1, -0.05) is 39.8 Å². The number of ether oxygens (including phenoxy) is 1. The summed E-state index contributed by atoms with van der Waals surface area (Å²) >= 11 is 0. The van der Waals surface area contributed by atoms with Gasteiger partial charge in [0.25, 0.3) is 5.91 Å². The smallest absolute Gasteiger partial charge is 0.261 e. The van der Waals surface area contributed by atoms with Crippen LogP contribution in [0.1, 0.15) is 54.4 Å². The molecule has 0 aromatic carbocycles. The van der Waals surface area contributed by atoms with Crippen LogP contribution in [-0.4, -0.2) is 46.5 Å². The van der Waals surface area contributed by atoms with Gasteiger partial charge in [0, 0.05) is 18.9 Å². The van der Waals surface area contributed by atoms with Crippen molar-refractivity contribution >= 4 is 11.7 Å². The van der Waals surface area contributed by atoms with E-state index in [1.165, 1.54) is 4.90 Å². The van der Waals surface area contributed by atoms with Crippen LogP contribution >= 0.6 is 0 Å². The van der Waals surface area contributed by atoms with Crippen LogP contribution in [0.15, 0.2) is 23.5 Å². The number of carbonyl (C=O) groups is 2. The average Bonchev–Trinajstić information content (AvgIpc) is 3.19. The highest BCUT2D eigenvalue weighted by Crippen LogP contribution is 2.57. The fourth-order valence-corrected chi connectivity index (χ4v) is 6.86. The van der Waals surface area contributed by atoms with Crippen LogP contribution in [0.5, 0.6) is 0 Å². The molecule has 0 aromatic heterocycles. The van der Waals surface area contributed by atoms with Gasteiger partial charge in [-0.3, -0.25) is 9.59 Å². The zero-order chi connectivity index (χ0) is 22.1. The number of hydrogen-bond acceptors (Lipinski definition) is 4. The minimum atomic E-state index is -0.501. The van der Waals surface area contributed by atoms with Crippen LogP contribution in [0.4, 0.5) is 0 Å². The van der Waals surface area contributed by atoms with Crippen molar-refractivity contribution in [2.75, 3.05) is 7.05 Å². The Hall–Kier alpha value is -1.62. The zero-order valence-electron chi connectivity index (χ0n) is 19.4. The van der Waals surface area contributed by atoms with Gasteiger partial charge in [0.2, 0.25) is 0 Å². The number of aliphatic hydroxyl groups excluding tert-OH is 1. The Morgan fingerprint density at radius 2 is 1.83 bits per heavy atom. The number of aliphatic hydroxyl groups is 1. The van der Waals surface area contributed by atoms with E-state index in [1.807, 2.05) is 13.8 Å². The highest BCUT2D eigenvalue weighted by molar-refractivity contribution is 6.26. The topological polar surface area (TPSA) is 70.1 Å². The summed E-state index contributed by atoms with van der Waals surface area (Å²) in [6.45, 7) is 12.6. The first kappa shape index (κ1) is 21.6. The third-order valence-corrected chi connectivity index (χ3v) is 8.48. The SMILES string of the molecule is CC1CC(C)C2C(C=CC(C3(C)OC3C)C2/C(O)=C2/C(=O)C(C(C)C)N(C)C2=O)C1. The quantitative estimate of drug-likeness (QED) is 0.247. The average molecular weight is 416 g/mol. The van der Waals surface area contributed by atoms with Crippen molar-refractivity contribution in [3.63, 3.8) is 0 Å². The molecule has 0 aromatic rings. The lowest BCUT2D eigenvalue weighted by Crippen LogP contribution is -2.45.